The van der Waals surface area contributed by atoms with E-state index in [1.165, 1.54) is 12.0 Å². The highest BCUT2D eigenvalue weighted by atomic mass is 16.5. The lowest BCUT2D eigenvalue weighted by atomic mass is 9.98. The molecular weight excluding hydrogens is 368 g/mol. The Hall–Kier alpha value is -3.28. The van der Waals surface area contributed by atoms with Crippen molar-refractivity contribution in [3.05, 3.63) is 53.1 Å². The summed E-state index contributed by atoms with van der Waals surface area (Å²) >= 11 is 0. The summed E-state index contributed by atoms with van der Waals surface area (Å²) in [5, 5.41) is 12.8. The van der Waals surface area contributed by atoms with Crippen LogP contribution in [0.2, 0.25) is 0 Å². The lowest BCUT2D eigenvalue weighted by Gasteiger charge is -2.20. The number of aryl methyl sites for hydroxylation is 1. The van der Waals surface area contributed by atoms with Crippen molar-refractivity contribution in [2.75, 3.05) is 12.0 Å². The van der Waals surface area contributed by atoms with Crippen LogP contribution < -0.4 is 15.0 Å². The number of imide groups is 1. The summed E-state index contributed by atoms with van der Waals surface area (Å²) in [5.41, 5.74) is 2.44. The molecule has 0 aromatic heterocycles. The van der Waals surface area contributed by atoms with E-state index in [4.69, 9.17) is 4.74 Å². The summed E-state index contributed by atoms with van der Waals surface area (Å²) in [4.78, 5) is 26.5. The Kier molecular flexibility index (Phi) is 4.78. The number of carbonyl (C=O) groups is 2. The van der Waals surface area contributed by atoms with Gasteiger partial charge in [-0.1, -0.05) is 37.1 Å². The third-order valence-corrected chi connectivity index (χ3v) is 5.75. The Bertz CT molecular complexity index is 989. The third-order valence-electron chi connectivity index (χ3n) is 5.75. The summed E-state index contributed by atoms with van der Waals surface area (Å²) < 4.78 is 5.19. The molecule has 29 heavy (non-hydrogen) atoms. The lowest BCUT2D eigenvalue weighted by Crippen LogP contribution is -2.44. The Morgan fingerprint density at radius 3 is 2.38 bits per heavy atom. The van der Waals surface area contributed by atoms with Gasteiger partial charge in [0.2, 0.25) is 0 Å². The van der Waals surface area contributed by atoms with Crippen molar-refractivity contribution in [2.45, 2.75) is 38.1 Å². The van der Waals surface area contributed by atoms with Crippen molar-refractivity contribution in [3.8, 4) is 11.5 Å². The fourth-order valence-electron chi connectivity index (χ4n) is 4.13. The Labute approximate surface area is 169 Å². The van der Waals surface area contributed by atoms with Crippen LogP contribution in [-0.2, 0) is 4.79 Å². The highest BCUT2D eigenvalue weighted by Crippen LogP contribution is 2.37. The number of rotatable bonds is 4. The molecule has 2 fully saturated rings. The van der Waals surface area contributed by atoms with Gasteiger partial charge in [0.05, 0.1) is 12.8 Å². The predicted octanol–water partition coefficient (Wildman–Crippen LogP) is 4.25. The van der Waals surface area contributed by atoms with Gasteiger partial charge in [-0.3, -0.25) is 4.79 Å². The van der Waals surface area contributed by atoms with Crippen LogP contribution in [0.3, 0.4) is 0 Å². The van der Waals surface area contributed by atoms with Crippen LogP contribution in [0.15, 0.2) is 36.4 Å². The highest BCUT2D eigenvalue weighted by Gasteiger charge is 2.52. The first-order chi connectivity index (χ1) is 13.9. The van der Waals surface area contributed by atoms with Crippen molar-refractivity contribution < 1.29 is 19.4 Å². The number of carbonyl (C=O) groups excluding carboxylic acids is 2. The number of methoxy groups -OCH3 is 1. The molecule has 1 aliphatic carbocycles. The normalized spacial score (nSPS) is 18.1. The zero-order valence-corrected chi connectivity index (χ0v) is 16.6. The van der Waals surface area contributed by atoms with E-state index in [1.54, 1.807) is 18.2 Å². The molecule has 2 N–H and O–H groups in total. The van der Waals surface area contributed by atoms with Crippen LogP contribution in [-0.4, -0.2) is 29.7 Å². The first-order valence-electron chi connectivity index (χ1n) is 9.76. The second-order valence-electron chi connectivity index (χ2n) is 7.67. The maximum atomic E-state index is 12.9. The van der Waals surface area contributed by atoms with Crippen molar-refractivity contribution in [1.29, 1.82) is 0 Å². The van der Waals surface area contributed by atoms with E-state index in [-0.39, 0.29) is 17.7 Å². The quantitative estimate of drug-likeness (QED) is 0.602. The first kappa shape index (κ1) is 19.1. The van der Waals surface area contributed by atoms with E-state index >= 15 is 0 Å². The number of ether oxygens (including phenoxy) is 1. The summed E-state index contributed by atoms with van der Waals surface area (Å²) in [6.07, 6.45) is 7.20. The number of hydrogen-bond acceptors (Lipinski definition) is 4. The van der Waals surface area contributed by atoms with Gasteiger partial charge >= 0.3 is 6.03 Å². The topological polar surface area (TPSA) is 78.9 Å². The minimum absolute atomic E-state index is 0.141. The van der Waals surface area contributed by atoms with Gasteiger partial charge in [0.25, 0.3) is 5.91 Å². The minimum Gasteiger partial charge on any atom is -0.504 e. The summed E-state index contributed by atoms with van der Waals surface area (Å²) in [6, 6.07) is 10.6. The maximum absolute atomic E-state index is 12.9. The Morgan fingerprint density at radius 1 is 1.07 bits per heavy atom. The van der Waals surface area contributed by atoms with E-state index in [2.05, 4.69) is 5.32 Å². The Balaban J connectivity index is 1.53. The standard InChI is InChI=1S/C23H24N2O4/c1-15-13-17(14-19(29-2)20(15)26)6-5-16-7-9-18(10-8-16)25-21(27)23(24-22(25)28)11-3-4-12-23/h5-10,13-14,26H,3-4,11-12H2,1-2H3,(H,24,28)/b6-5+. The first-order valence-corrected chi connectivity index (χ1v) is 9.76. The zero-order valence-electron chi connectivity index (χ0n) is 16.6. The molecule has 6 nitrogen and oxygen atoms in total. The number of phenols is 1. The zero-order chi connectivity index (χ0) is 20.6. The Morgan fingerprint density at radius 2 is 1.72 bits per heavy atom. The lowest BCUT2D eigenvalue weighted by molar-refractivity contribution is -0.121. The van der Waals surface area contributed by atoms with E-state index < -0.39 is 5.54 Å². The van der Waals surface area contributed by atoms with Gasteiger partial charge < -0.3 is 15.2 Å². The molecule has 3 amide bonds. The van der Waals surface area contributed by atoms with Crippen molar-refractivity contribution >= 4 is 29.8 Å². The van der Waals surface area contributed by atoms with Gasteiger partial charge in [-0.2, -0.15) is 0 Å². The van der Waals surface area contributed by atoms with Crippen LogP contribution in [0.1, 0.15) is 42.4 Å². The largest absolute Gasteiger partial charge is 0.504 e. The molecule has 0 atom stereocenters. The van der Waals surface area contributed by atoms with Gasteiger partial charge in [-0.05, 0) is 60.7 Å². The fraction of sp³-hybridized carbons (Fsp3) is 0.304. The highest BCUT2D eigenvalue weighted by molar-refractivity contribution is 6.23. The molecule has 1 heterocycles. The SMILES string of the molecule is COc1cc(/C=C/c2ccc(N3C(=O)NC4(CCCC4)C3=O)cc2)cc(C)c1O. The van der Waals surface area contributed by atoms with E-state index in [1.807, 2.05) is 37.3 Å². The molecular formula is C23H24N2O4. The second kappa shape index (κ2) is 7.28. The molecule has 1 aliphatic heterocycles. The number of aromatic hydroxyl groups is 1. The number of benzene rings is 2. The van der Waals surface area contributed by atoms with E-state index in [0.29, 0.717) is 24.3 Å². The molecule has 4 rings (SSSR count). The molecule has 1 saturated heterocycles. The van der Waals surface area contributed by atoms with Gasteiger partial charge in [0, 0.05) is 0 Å². The molecule has 2 aromatic rings. The molecule has 2 aromatic carbocycles. The van der Waals surface area contributed by atoms with Crippen LogP contribution in [0.25, 0.3) is 12.2 Å². The van der Waals surface area contributed by atoms with Gasteiger partial charge in [0.15, 0.2) is 11.5 Å². The molecule has 0 bridgehead atoms. The maximum Gasteiger partial charge on any atom is 0.329 e. The number of urea groups is 1. The average molecular weight is 392 g/mol. The monoisotopic (exact) mass is 392 g/mol. The average Bonchev–Trinajstić information content (AvgIpc) is 3.28. The van der Waals surface area contributed by atoms with Gasteiger partial charge in [0.1, 0.15) is 5.54 Å². The van der Waals surface area contributed by atoms with E-state index in [9.17, 15) is 14.7 Å². The molecule has 6 heteroatoms. The number of amides is 3. The summed E-state index contributed by atoms with van der Waals surface area (Å²) in [6.45, 7) is 1.82. The number of anilines is 1. The molecule has 150 valence electrons. The predicted molar refractivity (Wildman–Crippen MR) is 112 cm³/mol. The molecule has 1 spiro atoms. The molecule has 0 radical (unpaired) electrons. The molecule has 2 aliphatic rings. The van der Waals surface area contributed by atoms with Crippen LogP contribution in [0.5, 0.6) is 11.5 Å². The van der Waals surface area contributed by atoms with Crippen LogP contribution in [0.4, 0.5) is 10.5 Å². The minimum atomic E-state index is -0.703. The molecule has 1 saturated carbocycles. The van der Waals surface area contributed by atoms with Crippen molar-refractivity contribution in [2.24, 2.45) is 0 Å². The fourth-order valence-corrected chi connectivity index (χ4v) is 4.13. The summed E-state index contributed by atoms with van der Waals surface area (Å²) in [7, 11) is 1.52. The van der Waals surface area contributed by atoms with Gasteiger partial charge in [-0.15, -0.1) is 0 Å². The second-order valence-corrected chi connectivity index (χ2v) is 7.67. The third kappa shape index (κ3) is 3.35. The number of hydrogen-bond donors (Lipinski definition) is 2. The number of nitrogens with one attached hydrogen (secondary N) is 1. The van der Waals surface area contributed by atoms with Crippen LogP contribution >= 0.6 is 0 Å². The van der Waals surface area contributed by atoms with Gasteiger partial charge in [-0.25, -0.2) is 9.69 Å². The van der Waals surface area contributed by atoms with Crippen molar-refractivity contribution in [1.82, 2.24) is 5.32 Å². The smallest absolute Gasteiger partial charge is 0.329 e. The molecule has 0 unspecified atom stereocenters. The van der Waals surface area contributed by atoms with E-state index in [0.717, 1.165) is 29.5 Å². The summed E-state index contributed by atoms with van der Waals surface area (Å²) in [5.74, 6) is 0.428. The number of phenolic OH excluding ortho intramolecular Hbond substituents is 1. The van der Waals surface area contributed by atoms with Crippen LogP contribution in [0, 0.1) is 6.92 Å². The van der Waals surface area contributed by atoms with Crippen molar-refractivity contribution in [3.63, 3.8) is 0 Å². The number of nitrogens with zero attached hydrogens (tertiary/aromatic N) is 1.